The molecule has 0 heterocycles. The van der Waals surface area contributed by atoms with E-state index in [1.807, 2.05) is 6.07 Å². The van der Waals surface area contributed by atoms with Crippen molar-refractivity contribution in [3.63, 3.8) is 0 Å². The maximum absolute atomic E-state index is 12.4. The molecule has 0 bridgehead atoms. The molecule has 1 saturated carbocycles. The number of nitriles is 1. The standard InChI is InChI=1S/C15H20N2O2S/c1-11-4-3-5-15(12(11)2)17-20(18,19)14-8-6-13(10-16)7-9-14/h6-9,11-12,15,17H,3-5H2,1-2H3/t11-,12+,15+/m0/s1. The first kappa shape index (κ1) is 15.0. The van der Waals surface area contributed by atoms with Gasteiger partial charge in [0.1, 0.15) is 0 Å². The van der Waals surface area contributed by atoms with Gasteiger partial charge in [0.15, 0.2) is 0 Å². The van der Waals surface area contributed by atoms with Crippen molar-refractivity contribution in [3.8, 4) is 6.07 Å². The number of nitrogens with one attached hydrogen (secondary N) is 1. The topological polar surface area (TPSA) is 70.0 Å². The van der Waals surface area contributed by atoms with Gasteiger partial charge < -0.3 is 0 Å². The van der Waals surface area contributed by atoms with Crippen LogP contribution in [0.25, 0.3) is 0 Å². The van der Waals surface area contributed by atoms with Crippen LogP contribution in [0.4, 0.5) is 0 Å². The molecule has 4 nitrogen and oxygen atoms in total. The van der Waals surface area contributed by atoms with Crippen molar-refractivity contribution in [3.05, 3.63) is 29.8 Å². The van der Waals surface area contributed by atoms with Gasteiger partial charge in [0.05, 0.1) is 16.5 Å². The lowest BCUT2D eigenvalue weighted by atomic mass is 9.78. The normalized spacial score (nSPS) is 26.9. The zero-order valence-corrected chi connectivity index (χ0v) is 12.7. The van der Waals surface area contributed by atoms with Gasteiger partial charge in [-0.15, -0.1) is 0 Å². The van der Waals surface area contributed by atoms with Crippen LogP contribution >= 0.6 is 0 Å². The molecular formula is C15H20N2O2S. The van der Waals surface area contributed by atoms with Crippen molar-refractivity contribution in [1.29, 1.82) is 5.26 Å². The van der Waals surface area contributed by atoms with Crippen LogP contribution in [-0.2, 0) is 10.0 Å². The van der Waals surface area contributed by atoms with Gasteiger partial charge in [0, 0.05) is 6.04 Å². The summed E-state index contributed by atoms with van der Waals surface area (Å²) < 4.78 is 27.5. The zero-order chi connectivity index (χ0) is 14.8. The third-order valence-corrected chi connectivity index (χ3v) is 5.81. The molecule has 2 rings (SSSR count). The predicted octanol–water partition coefficient (Wildman–Crippen LogP) is 2.66. The lowest BCUT2D eigenvalue weighted by Crippen LogP contribution is -2.43. The van der Waals surface area contributed by atoms with Crippen LogP contribution in [-0.4, -0.2) is 14.5 Å². The van der Waals surface area contributed by atoms with Gasteiger partial charge in [0.2, 0.25) is 10.0 Å². The van der Waals surface area contributed by atoms with Crippen molar-refractivity contribution in [2.45, 2.75) is 44.0 Å². The third kappa shape index (κ3) is 3.20. The van der Waals surface area contributed by atoms with Crippen molar-refractivity contribution in [1.82, 2.24) is 4.72 Å². The first-order valence-electron chi connectivity index (χ1n) is 6.96. The maximum Gasteiger partial charge on any atom is 0.240 e. The molecule has 108 valence electrons. The molecule has 1 aliphatic rings. The van der Waals surface area contributed by atoms with Gasteiger partial charge in [-0.25, -0.2) is 13.1 Å². The first-order valence-corrected chi connectivity index (χ1v) is 8.45. The summed E-state index contributed by atoms with van der Waals surface area (Å²) in [5.74, 6) is 0.884. The van der Waals surface area contributed by atoms with Crippen LogP contribution in [0, 0.1) is 23.2 Å². The molecule has 1 aliphatic carbocycles. The number of hydrogen-bond donors (Lipinski definition) is 1. The average Bonchev–Trinajstić information content (AvgIpc) is 2.44. The fraction of sp³-hybridized carbons (Fsp3) is 0.533. The molecule has 20 heavy (non-hydrogen) atoms. The average molecular weight is 292 g/mol. The molecule has 1 fully saturated rings. The highest BCUT2D eigenvalue weighted by Crippen LogP contribution is 2.30. The highest BCUT2D eigenvalue weighted by molar-refractivity contribution is 7.89. The molecule has 1 aromatic carbocycles. The summed E-state index contributed by atoms with van der Waals surface area (Å²) in [6, 6.07) is 8.01. The molecule has 0 radical (unpaired) electrons. The number of benzene rings is 1. The summed E-state index contributed by atoms with van der Waals surface area (Å²) in [5, 5.41) is 8.74. The molecule has 1 N–H and O–H groups in total. The Bertz CT molecular complexity index is 602. The van der Waals surface area contributed by atoms with E-state index in [4.69, 9.17) is 5.26 Å². The van der Waals surface area contributed by atoms with Crippen molar-refractivity contribution < 1.29 is 8.42 Å². The summed E-state index contributed by atoms with van der Waals surface area (Å²) in [6.07, 6.45) is 3.11. The number of sulfonamides is 1. The largest absolute Gasteiger partial charge is 0.240 e. The van der Waals surface area contributed by atoms with E-state index in [0.717, 1.165) is 19.3 Å². The predicted molar refractivity (Wildman–Crippen MR) is 77.4 cm³/mol. The maximum atomic E-state index is 12.4. The Morgan fingerprint density at radius 1 is 1.20 bits per heavy atom. The van der Waals surface area contributed by atoms with E-state index in [2.05, 4.69) is 18.6 Å². The lowest BCUT2D eigenvalue weighted by Gasteiger charge is -2.34. The fourth-order valence-corrected chi connectivity index (χ4v) is 4.09. The van der Waals surface area contributed by atoms with Crippen LogP contribution < -0.4 is 4.72 Å². The Morgan fingerprint density at radius 3 is 2.45 bits per heavy atom. The summed E-state index contributed by atoms with van der Waals surface area (Å²) in [7, 11) is -3.50. The Balaban J connectivity index is 2.16. The smallest absolute Gasteiger partial charge is 0.208 e. The van der Waals surface area contributed by atoms with Crippen molar-refractivity contribution >= 4 is 10.0 Å². The minimum Gasteiger partial charge on any atom is -0.208 e. The second-order valence-electron chi connectivity index (χ2n) is 5.63. The lowest BCUT2D eigenvalue weighted by molar-refractivity contribution is 0.227. The number of hydrogen-bond acceptors (Lipinski definition) is 3. The van der Waals surface area contributed by atoms with Gasteiger partial charge in [-0.3, -0.25) is 0 Å². The molecule has 3 atom stereocenters. The molecule has 5 heteroatoms. The van der Waals surface area contributed by atoms with E-state index >= 15 is 0 Å². The summed E-state index contributed by atoms with van der Waals surface area (Å²) in [5.41, 5.74) is 0.462. The molecule has 0 saturated heterocycles. The summed E-state index contributed by atoms with van der Waals surface area (Å²) >= 11 is 0. The van der Waals surface area contributed by atoms with Crippen molar-refractivity contribution in [2.75, 3.05) is 0 Å². The molecule has 1 aromatic rings. The Kier molecular flexibility index (Phi) is 4.46. The minimum absolute atomic E-state index is 0.000562. The highest BCUT2D eigenvalue weighted by atomic mass is 32.2. The third-order valence-electron chi connectivity index (χ3n) is 4.31. The van der Waals surface area contributed by atoms with Crippen LogP contribution in [0.2, 0.25) is 0 Å². The minimum atomic E-state index is -3.50. The van der Waals surface area contributed by atoms with E-state index in [0.29, 0.717) is 17.4 Å². The second kappa shape index (κ2) is 5.94. The molecule has 0 aliphatic heterocycles. The highest BCUT2D eigenvalue weighted by Gasteiger charge is 2.30. The SMILES string of the molecule is C[C@@H]1[C@@H](C)CCC[C@H]1NS(=O)(=O)c1ccc(C#N)cc1. The van der Waals surface area contributed by atoms with E-state index in [-0.39, 0.29) is 10.9 Å². The number of nitrogens with zero attached hydrogens (tertiary/aromatic N) is 1. The molecular weight excluding hydrogens is 272 g/mol. The molecule has 0 amide bonds. The van der Waals surface area contributed by atoms with Gasteiger partial charge in [-0.05, 0) is 42.5 Å². The monoisotopic (exact) mass is 292 g/mol. The Hall–Kier alpha value is -1.38. The first-order chi connectivity index (χ1) is 9.44. The number of rotatable bonds is 3. The Labute approximate surface area is 120 Å². The quantitative estimate of drug-likeness (QED) is 0.931. The molecule has 0 unspecified atom stereocenters. The van der Waals surface area contributed by atoms with Gasteiger partial charge in [-0.2, -0.15) is 5.26 Å². The van der Waals surface area contributed by atoms with Crippen LogP contribution in [0.1, 0.15) is 38.7 Å². The van der Waals surface area contributed by atoms with Gasteiger partial charge >= 0.3 is 0 Å². The zero-order valence-electron chi connectivity index (χ0n) is 11.8. The van der Waals surface area contributed by atoms with E-state index in [1.165, 1.54) is 24.3 Å². The second-order valence-corrected chi connectivity index (χ2v) is 7.35. The molecule has 0 aromatic heterocycles. The van der Waals surface area contributed by atoms with E-state index in [9.17, 15) is 8.42 Å². The molecule has 0 spiro atoms. The van der Waals surface area contributed by atoms with Crippen LogP contribution in [0.15, 0.2) is 29.2 Å². The van der Waals surface area contributed by atoms with Crippen molar-refractivity contribution in [2.24, 2.45) is 11.8 Å². The van der Waals surface area contributed by atoms with Gasteiger partial charge in [-0.1, -0.05) is 26.7 Å². The van der Waals surface area contributed by atoms with E-state index < -0.39 is 10.0 Å². The summed E-state index contributed by atoms with van der Waals surface area (Å²) in [4.78, 5) is 0.224. The van der Waals surface area contributed by atoms with Crippen LogP contribution in [0.5, 0.6) is 0 Å². The van der Waals surface area contributed by atoms with Crippen LogP contribution in [0.3, 0.4) is 0 Å². The summed E-state index contributed by atoms with van der Waals surface area (Å²) in [6.45, 7) is 4.28. The van der Waals surface area contributed by atoms with Gasteiger partial charge in [0.25, 0.3) is 0 Å². The van der Waals surface area contributed by atoms with E-state index in [1.54, 1.807) is 0 Å². The fourth-order valence-electron chi connectivity index (χ4n) is 2.72. The Morgan fingerprint density at radius 2 is 1.85 bits per heavy atom.